The molecular formula is C7H13N3O2. The van der Waals surface area contributed by atoms with E-state index in [4.69, 9.17) is 5.73 Å². The van der Waals surface area contributed by atoms with Crippen LogP contribution in [0.5, 0.6) is 0 Å². The molecule has 0 aromatic carbocycles. The summed E-state index contributed by atoms with van der Waals surface area (Å²) in [6.07, 6.45) is 0.786. The Morgan fingerprint density at radius 2 is 2.42 bits per heavy atom. The van der Waals surface area contributed by atoms with Gasteiger partial charge in [0.2, 0.25) is 0 Å². The molecule has 1 atom stereocenters. The Labute approximate surface area is 71.0 Å². The van der Waals surface area contributed by atoms with Gasteiger partial charge in [-0.3, -0.25) is 9.80 Å². The number of nitrogens with zero attached hydrogens (tertiary/aromatic N) is 2. The number of hydrogen-bond donors (Lipinski definition) is 2. The van der Waals surface area contributed by atoms with Gasteiger partial charge in [0.25, 0.3) is 0 Å². The minimum absolute atomic E-state index is 0.477. The average Bonchev–Trinajstić information content (AvgIpc) is 2.34. The van der Waals surface area contributed by atoms with Crippen LogP contribution in [0.1, 0.15) is 0 Å². The fourth-order valence-electron chi connectivity index (χ4n) is 1.24. The van der Waals surface area contributed by atoms with Crippen LogP contribution in [0.4, 0.5) is 4.79 Å². The van der Waals surface area contributed by atoms with E-state index in [1.54, 1.807) is 11.0 Å². The van der Waals surface area contributed by atoms with Crippen LogP contribution < -0.4 is 5.73 Å². The van der Waals surface area contributed by atoms with E-state index < -0.39 is 12.4 Å². The van der Waals surface area contributed by atoms with E-state index in [1.807, 2.05) is 0 Å². The molecule has 3 N–H and O–H groups in total. The molecule has 1 unspecified atom stereocenters. The van der Waals surface area contributed by atoms with E-state index in [0.29, 0.717) is 19.6 Å². The molecular weight excluding hydrogens is 158 g/mol. The number of aliphatic hydroxyl groups excluding tert-OH is 1. The van der Waals surface area contributed by atoms with Gasteiger partial charge in [0.1, 0.15) is 0 Å². The highest BCUT2D eigenvalue weighted by Gasteiger charge is 2.31. The summed E-state index contributed by atoms with van der Waals surface area (Å²) in [6.45, 7) is 5.21. The number of aliphatic hydroxyl groups is 1. The first-order chi connectivity index (χ1) is 5.66. The summed E-state index contributed by atoms with van der Waals surface area (Å²) < 4.78 is 0. The van der Waals surface area contributed by atoms with Crippen molar-refractivity contribution in [1.82, 2.24) is 9.80 Å². The normalized spacial score (nSPS) is 24.4. The van der Waals surface area contributed by atoms with E-state index in [1.165, 1.54) is 4.90 Å². The number of carbonyl (C=O) groups excluding carboxylic acids is 1. The maximum Gasteiger partial charge on any atom is 0.317 e. The van der Waals surface area contributed by atoms with Gasteiger partial charge in [-0.15, -0.1) is 6.58 Å². The van der Waals surface area contributed by atoms with Crippen molar-refractivity contribution >= 4 is 6.03 Å². The fraction of sp³-hybridized carbons (Fsp3) is 0.571. The summed E-state index contributed by atoms with van der Waals surface area (Å²) in [5, 5.41) is 9.45. The number of urea groups is 1. The lowest BCUT2D eigenvalue weighted by molar-refractivity contribution is -0.0300. The number of rotatable bonds is 2. The average molecular weight is 171 g/mol. The SMILES string of the molecule is C=CCN1CCN(C(N)=O)C1O. The van der Waals surface area contributed by atoms with Gasteiger partial charge in [-0.05, 0) is 0 Å². The Balaban J connectivity index is 2.54. The Morgan fingerprint density at radius 1 is 1.75 bits per heavy atom. The summed E-state index contributed by atoms with van der Waals surface area (Å²) in [4.78, 5) is 13.6. The van der Waals surface area contributed by atoms with Crippen molar-refractivity contribution in [3.8, 4) is 0 Å². The molecule has 0 aromatic heterocycles. The molecule has 0 aromatic rings. The molecule has 0 saturated carbocycles. The largest absolute Gasteiger partial charge is 0.361 e. The van der Waals surface area contributed by atoms with E-state index in [9.17, 15) is 9.90 Å². The molecule has 0 radical (unpaired) electrons. The molecule has 0 spiro atoms. The van der Waals surface area contributed by atoms with E-state index >= 15 is 0 Å². The molecule has 1 heterocycles. The minimum Gasteiger partial charge on any atom is -0.361 e. The quantitative estimate of drug-likeness (QED) is 0.531. The maximum atomic E-state index is 10.7. The second kappa shape index (κ2) is 3.55. The molecule has 1 aliphatic rings. The molecule has 68 valence electrons. The zero-order valence-corrected chi connectivity index (χ0v) is 6.81. The topological polar surface area (TPSA) is 69.8 Å². The van der Waals surface area contributed by atoms with Crippen LogP contribution in [0.3, 0.4) is 0 Å². The minimum atomic E-state index is -0.888. The summed E-state index contributed by atoms with van der Waals surface area (Å²) in [5.41, 5.74) is 5.02. The van der Waals surface area contributed by atoms with Gasteiger partial charge in [0, 0.05) is 19.6 Å². The Kier molecular flexibility index (Phi) is 2.67. The third-order valence-corrected chi connectivity index (χ3v) is 1.88. The standard InChI is InChI=1S/C7H13N3O2/c1-2-3-9-4-5-10(6(8)11)7(9)12/h2,7,12H,1,3-5H2,(H2,8,11). The van der Waals surface area contributed by atoms with Crippen molar-refractivity contribution in [3.63, 3.8) is 0 Å². The van der Waals surface area contributed by atoms with Crippen molar-refractivity contribution in [2.45, 2.75) is 6.35 Å². The van der Waals surface area contributed by atoms with Gasteiger partial charge < -0.3 is 10.8 Å². The number of carbonyl (C=O) groups is 1. The molecule has 1 fully saturated rings. The lowest BCUT2D eigenvalue weighted by Gasteiger charge is -2.22. The fourth-order valence-corrected chi connectivity index (χ4v) is 1.24. The summed E-state index contributed by atoms with van der Waals surface area (Å²) >= 11 is 0. The van der Waals surface area contributed by atoms with Gasteiger partial charge in [-0.25, -0.2) is 4.79 Å². The highest BCUT2D eigenvalue weighted by molar-refractivity contribution is 5.72. The third kappa shape index (κ3) is 1.57. The van der Waals surface area contributed by atoms with Crippen molar-refractivity contribution in [3.05, 3.63) is 12.7 Å². The molecule has 1 saturated heterocycles. The lowest BCUT2D eigenvalue weighted by Crippen LogP contribution is -2.44. The van der Waals surface area contributed by atoms with Crippen LogP contribution >= 0.6 is 0 Å². The Morgan fingerprint density at radius 3 is 2.83 bits per heavy atom. The van der Waals surface area contributed by atoms with Gasteiger partial charge in [-0.2, -0.15) is 0 Å². The number of amides is 2. The predicted octanol–water partition coefficient (Wildman–Crippen LogP) is -0.855. The van der Waals surface area contributed by atoms with E-state index in [0.717, 1.165) is 0 Å². The summed E-state index contributed by atoms with van der Waals surface area (Å²) in [6, 6.07) is -0.589. The molecule has 5 heteroatoms. The first-order valence-corrected chi connectivity index (χ1v) is 3.76. The van der Waals surface area contributed by atoms with Crippen molar-refractivity contribution < 1.29 is 9.90 Å². The van der Waals surface area contributed by atoms with Crippen LogP contribution in [-0.4, -0.2) is 46.9 Å². The molecule has 0 bridgehead atoms. The molecule has 12 heavy (non-hydrogen) atoms. The second-order valence-electron chi connectivity index (χ2n) is 2.66. The zero-order valence-electron chi connectivity index (χ0n) is 6.81. The Bertz CT molecular complexity index is 195. The zero-order chi connectivity index (χ0) is 9.14. The first-order valence-electron chi connectivity index (χ1n) is 3.76. The number of nitrogens with two attached hydrogens (primary N) is 1. The summed E-state index contributed by atoms with van der Waals surface area (Å²) in [7, 11) is 0. The van der Waals surface area contributed by atoms with Gasteiger partial charge in [0.15, 0.2) is 6.35 Å². The molecule has 2 amide bonds. The van der Waals surface area contributed by atoms with E-state index in [-0.39, 0.29) is 0 Å². The number of primary amides is 1. The van der Waals surface area contributed by atoms with Crippen LogP contribution in [0, 0.1) is 0 Å². The monoisotopic (exact) mass is 171 g/mol. The van der Waals surface area contributed by atoms with Gasteiger partial charge >= 0.3 is 6.03 Å². The van der Waals surface area contributed by atoms with Gasteiger partial charge in [0.05, 0.1) is 0 Å². The first kappa shape index (κ1) is 9.02. The van der Waals surface area contributed by atoms with Crippen LogP contribution in [0.2, 0.25) is 0 Å². The van der Waals surface area contributed by atoms with Crippen molar-refractivity contribution in [2.75, 3.05) is 19.6 Å². The molecule has 0 aliphatic carbocycles. The molecule has 5 nitrogen and oxygen atoms in total. The Hall–Kier alpha value is -1.07. The van der Waals surface area contributed by atoms with Crippen molar-refractivity contribution in [2.24, 2.45) is 5.73 Å². The lowest BCUT2D eigenvalue weighted by atomic mass is 10.5. The van der Waals surface area contributed by atoms with Crippen molar-refractivity contribution in [1.29, 1.82) is 0 Å². The third-order valence-electron chi connectivity index (χ3n) is 1.88. The second-order valence-corrected chi connectivity index (χ2v) is 2.66. The van der Waals surface area contributed by atoms with Crippen LogP contribution in [0.15, 0.2) is 12.7 Å². The highest BCUT2D eigenvalue weighted by atomic mass is 16.3. The molecule has 1 rings (SSSR count). The smallest absolute Gasteiger partial charge is 0.317 e. The summed E-state index contributed by atoms with van der Waals surface area (Å²) in [5.74, 6) is 0. The highest BCUT2D eigenvalue weighted by Crippen LogP contribution is 2.10. The predicted molar refractivity (Wildman–Crippen MR) is 44.1 cm³/mol. The van der Waals surface area contributed by atoms with Gasteiger partial charge in [-0.1, -0.05) is 6.08 Å². The van der Waals surface area contributed by atoms with Crippen LogP contribution in [-0.2, 0) is 0 Å². The van der Waals surface area contributed by atoms with Crippen LogP contribution in [0.25, 0.3) is 0 Å². The molecule has 1 aliphatic heterocycles. The number of hydrogen-bond acceptors (Lipinski definition) is 3. The maximum absolute atomic E-state index is 10.7. The van der Waals surface area contributed by atoms with E-state index in [2.05, 4.69) is 6.58 Å².